The summed E-state index contributed by atoms with van der Waals surface area (Å²) in [4.78, 5) is 12.5. The molecule has 1 amide bonds. The molecular formula is C17H24N2O. The highest BCUT2D eigenvalue weighted by atomic mass is 16.2. The van der Waals surface area contributed by atoms with Crippen molar-refractivity contribution in [2.45, 2.75) is 39.2 Å². The fraction of sp³-hybridized carbons (Fsp3) is 0.588. The molecule has 0 aromatic heterocycles. The Morgan fingerprint density at radius 3 is 2.85 bits per heavy atom. The van der Waals surface area contributed by atoms with E-state index in [0.717, 1.165) is 25.1 Å². The van der Waals surface area contributed by atoms with Crippen LogP contribution in [0.2, 0.25) is 0 Å². The van der Waals surface area contributed by atoms with Crippen molar-refractivity contribution in [2.75, 3.05) is 13.1 Å². The van der Waals surface area contributed by atoms with Gasteiger partial charge in [0, 0.05) is 13.1 Å². The van der Waals surface area contributed by atoms with E-state index in [1.54, 1.807) is 0 Å². The number of fused-ring (bicyclic) bond motifs is 1. The quantitative estimate of drug-likeness (QED) is 0.884. The van der Waals surface area contributed by atoms with Crippen LogP contribution in [0.3, 0.4) is 0 Å². The zero-order valence-corrected chi connectivity index (χ0v) is 12.4. The van der Waals surface area contributed by atoms with Crippen LogP contribution in [0, 0.1) is 11.3 Å². The molecular weight excluding hydrogens is 248 g/mol. The monoisotopic (exact) mass is 272 g/mol. The highest BCUT2D eigenvalue weighted by Crippen LogP contribution is 2.51. The lowest BCUT2D eigenvalue weighted by atomic mass is 9.91. The summed E-state index contributed by atoms with van der Waals surface area (Å²) < 4.78 is 0. The lowest BCUT2D eigenvalue weighted by Gasteiger charge is -2.27. The van der Waals surface area contributed by atoms with E-state index in [0.29, 0.717) is 11.3 Å². The molecule has 1 unspecified atom stereocenters. The van der Waals surface area contributed by atoms with Gasteiger partial charge in [0.1, 0.15) is 6.04 Å². The lowest BCUT2D eigenvalue weighted by molar-refractivity contribution is -0.123. The molecule has 108 valence electrons. The van der Waals surface area contributed by atoms with Crippen LogP contribution in [0.4, 0.5) is 0 Å². The first-order valence-electron chi connectivity index (χ1n) is 7.71. The van der Waals surface area contributed by atoms with Gasteiger partial charge in [0.05, 0.1) is 0 Å². The molecule has 1 atom stereocenters. The molecule has 0 spiro atoms. The molecule has 1 fully saturated rings. The molecule has 1 aromatic rings. The van der Waals surface area contributed by atoms with Crippen molar-refractivity contribution >= 4 is 5.91 Å². The number of benzene rings is 1. The predicted molar refractivity (Wildman–Crippen MR) is 80.4 cm³/mol. The largest absolute Gasteiger partial charge is 0.354 e. The zero-order valence-electron chi connectivity index (χ0n) is 12.4. The Hall–Kier alpha value is -1.35. The van der Waals surface area contributed by atoms with E-state index < -0.39 is 0 Å². The molecule has 3 heteroatoms. The molecule has 1 saturated carbocycles. The van der Waals surface area contributed by atoms with Crippen molar-refractivity contribution in [3.05, 3.63) is 35.4 Å². The number of carbonyl (C=O) groups is 1. The summed E-state index contributed by atoms with van der Waals surface area (Å²) in [6.45, 7) is 6.22. The van der Waals surface area contributed by atoms with Crippen molar-refractivity contribution in [1.82, 2.24) is 10.6 Å². The maximum Gasteiger partial charge on any atom is 0.241 e. The van der Waals surface area contributed by atoms with Gasteiger partial charge in [-0.2, -0.15) is 0 Å². The van der Waals surface area contributed by atoms with Gasteiger partial charge in [-0.05, 0) is 41.7 Å². The minimum atomic E-state index is -0.178. The maximum atomic E-state index is 12.5. The Bertz CT molecular complexity index is 505. The average molecular weight is 272 g/mol. The molecule has 3 rings (SSSR count). The Balaban J connectivity index is 1.67. The summed E-state index contributed by atoms with van der Waals surface area (Å²) in [5, 5.41) is 6.52. The summed E-state index contributed by atoms with van der Waals surface area (Å²) >= 11 is 0. The maximum absolute atomic E-state index is 12.5. The Morgan fingerprint density at radius 2 is 2.15 bits per heavy atom. The molecule has 2 aliphatic rings. The summed E-state index contributed by atoms with van der Waals surface area (Å²) in [5.41, 5.74) is 2.81. The molecule has 1 aliphatic heterocycles. The number of amides is 1. The zero-order chi connectivity index (χ0) is 14.2. The first-order chi connectivity index (χ1) is 9.62. The van der Waals surface area contributed by atoms with E-state index >= 15 is 0 Å². The van der Waals surface area contributed by atoms with Gasteiger partial charge in [-0.3, -0.25) is 4.79 Å². The van der Waals surface area contributed by atoms with Crippen LogP contribution in [0.1, 0.15) is 43.9 Å². The van der Waals surface area contributed by atoms with Crippen molar-refractivity contribution in [1.29, 1.82) is 0 Å². The third-order valence-corrected chi connectivity index (χ3v) is 5.10. The molecule has 0 radical (unpaired) electrons. The van der Waals surface area contributed by atoms with Gasteiger partial charge in [0.15, 0.2) is 0 Å². The van der Waals surface area contributed by atoms with Crippen molar-refractivity contribution < 1.29 is 4.79 Å². The number of hydrogen-bond acceptors (Lipinski definition) is 2. The average Bonchev–Trinajstić information content (AvgIpc) is 3.25. The summed E-state index contributed by atoms with van der Waals surface area (Å²) in [7, 11) is 0. The first kappa shape index (κ1) is 13.6. The second kappa shape index (κ2) is 5.21. The van der Waals surface area contributed by atoms with E-state index in [1.807, 2.05) is 6.07 Å². The van der Waals surface area contributed by atoms with Gasteiger partial charge in [0.25, 0.3) is 0 Å². The van der Waals surface area contributed by atoms with Gasteiger partial charge in [-0.15, -0.1) is 0 Å². The molecule has 2 N–H and O–H groups in total. The molecule has 1 aliphatic carbocycles. The Labute approximate surface area is 121 Å². The smallest absolute Gasteiger partial charge is 0.241 e. The molecule has 0 bridgehead atoms. The van der Waals surface area contributed by atoms with Crippen LogP contribution >= 0.6 is 0 Å². The Morgan fingerprint density at radius 1 is 1.40 bits per heavy atom. The van der Waals surface area contributed by atoms with E-state index in [-0.39, 0.29) is 11.9 Å². The number of rotatable bonds is 4. The van der Waals surface area contributed by atoms with E-state index in [4.69, 9.17) is 0 Å². The van der Waals surface area contributed by atoms with Crippen LogP contribution in [-0.2, 0) is 11.2 Å². The molecule has 20 heavy (non-hydrogen) atoms. The summed E-state index contributed by atoms with van der Waals surface area (Å²) in [6, 6.07) is 8.09. The molecule has 0 saturated heterocycles. The summed E-state index contributed by atoms with van der Waals surface area (Å²) in [6.07, 6.45) is 3.51. The van der Waals surface area contributed by atoms with E-state index in [9.17, 15) is 4.79 Å². The second-order valence-corrected chi connectivity index (χ2v) is 6.57. The van der Waals surface area contributed by atoms with Gasteiger partial charge < -0.3 is 10.6 Å². The molecule has 1 aromatic carbocycles. The fourth-order valence-corrected chi connectivity index (χ4v) is 3.22. The Kier molecular flexibility index (Phi) is 3.55. The molecule has 1 heterocycles. The molecule has 3 nitrogen and oxygen atoms in total. The van der Waals surface area contributed by atoms with Crippen LogP contribution in [0.5, 0.6) is 0 Å². The van der Waals surface area contributed by atoms with E-state index in [2.05, 4.69) is 42.7 Å². The number of nitrogens with one attached hydrogen (secondary N) is 2. The van der Waals surface area contributed by atoms with Crippen LogP contribution in [0.15, 0.2) is 24.3 Å². The minimum absolute atomic E-state index is 0.129. The second-order valence-electron chi connectivity index (χ2n) is 6.57. The first-order valence-corrected chi connectivity index (χ1v) is 7.71. The van der Waals surface area contributed by atoms with Crippen molar-refractivity contribution in [3.8, 4) is 0 Å². The van der Waals surface area contributed by atoms with Crippen LogP contribution in [0.25, 0.3) is 0 Å². The van der Waals surface area contributed by atoms with Crippen LogP contribution < -0.4 is 10.6 Å². The van der Waals surface area contributed by atoms with Gasteiger partial charge in [-0.1, -0.05) is 38.1 Å². The third-order valence-electron chi connectivity index (χ3n) is 5.10. The highest BCUT2D eigenvalue weighted by Gasteiger charge is 2.45. The standard InChI is InChI=1S/C17H24N2O/c1-12(2)17(8-9-17)11-19-16(20)15-14-6-4-3-5-13(14)7-10-18-15/h3-6,12,15,18H,7-11H2,1-2H3,(H,19,20). The van der Waals surface area contributed by atoms with Gasteiger partial charge in [0.2, 0.25) is 5.91 Å². The normalized spacial score (nSPS) is 23.2. The van der Waals surface area contributed by atoms with Crippen LogP contribution in [-0.4, -0.2) is 19.0 Å². The van der Waals surface area contributed by atoms with E-state index in [1.165, 1.54) is 18.4 Å². The van der Waals surface area contributed by atoms with Gasteiger partial charge >= 0.3 is 0 Å². The predicted octanol–water partition coefficient (Wildman–Crippen LogP) is 2.43. The van der Waals surface area contributed by atoms with Crippen molar-refractivity contribution in [3.63, 3.8) is 0 Å². The topological polar surface area (TPSA) is 41.1 Å². The number of carbonyl (C=O) groups excluding carboxylic acids is 1. The lowest BCUT2D eigenvalue weighted by Crippen LogP contribution is -2.43. The number of hydrogen-bond donors (Lipinski definition) is 2. The highest BCUT2D eigenvalue weighted by molar-refractivity contribution is 5.84. The fourth-order valence-electron chi connectivity index (χ4n) is 3.22. The third kappa shape index (κ3) is 2.47. The minimum Gasteiger partial charge on any atom is -0.354 e. The van der Waals surface area contributed by atoms with Gasteiger partial charge in [-0.25, -0.2) is 0 Å². The van der Waals surface area contributed by atoms with Crippen molar-refractivity contribution in [2.24, 2.45) is 11.3 Å². The SMILES string of the molecule is CC(C)C1(CNC(=O)C2NCCc3ccccc32)CC1. The summed E-state index contributed by atoms with van der Waals surface area (Å²) in [5.74, 6) is 0.776.